The van der Waals surface area contributed by atoms with Crippen molar-refractivity contribution in [3.8, 4) is 0 Å². The summed E-state index contributed by atoms with van der Waals surface area (Å²) < 4.78 is 6.26. The highest BCUT2D eigenvalue weighted by Gasteiger charge is 2.51. The minimum absolute atomic E-state index is 0.0470. The minimum atomic E-state index is -0.113. The van der Waals surface area contributed by atoms with Gasteiger partial charge in [-0.2, -0.15) is 23.5 Å². The van der Waals surface area contributed by atoms with Gasteiger partial charge < -0.3 is 4.74 Å². The molecule has 2 heterocycles. The first-order valence-electron chi connectivity index (χ1n) is 7.59. The van der Waals surface area contributed by atoms with E-state index in [0.717, 1.165) is 11.7 Å². The van der Waals surface area contributed by atoms with Gasteiger partial charge in [-0.05, 0) is 34.1 Å². The van der Waals surface area contributed by atoms with Crippen molar-refractivity contribution in [1.29, 1.82) is 0 Å². The average Bonchev–Trinajstić information content (AvgIpc) is 2.53. The van der Waals surface area contributed by atoms with E-state index < -0.39 is 0 Å². The van der Waals surface area contributed by atoms with Crippen LogP contribution in [0, 0.1) is 5.92 Å². The third-order valence-corrected chi connectivity index (χ3v) is 8.26. The van der Waals surface area contributed by atoms with Crippen molar-refractivity contribution >= 4 is 23.5 Å². The zero-order valence-electron chi connectivity index (χ0n) is 13.6. The van der Waals surface area contributed by atoms with Crippen LogP contribution in [0.5, 0.6) is 0 Å². The maximum absolute atomic E-state index is 6.26. The van der Waals surface area contributed by atoms with Crippen LogP contribution in [0.1, 0.15) is 48.0 Å². The number of hydrazine groups is 1. The first kappa shape index (κ1) is 16.9. The summed E-state index contributed by atoms with van der Waals surface area (Å²) in [5, 5.41) is 1.99. The normalized spacial score (nSPS) is 41.5. The van der Waals surface area contributed by atoms with Gasteiger partial charge in [-0.1, -0.05) is 13.8 Å². The van der Waals surface area contributed by atoms with E-state index in [-0.39, 0.29) is 11.2 Å². The van der Waals surface area contributed by atoms with Gasteiger partial charge in [0.2, 0.25) is 0 Å². The molecule has 3 nitrogen and oxygen atoms in total. The van der Waals surface area contributed by atoms with Gasteiger partial charge in [0.15, 0.2) is 0 Å². The molecule has 2 saturated heterocycles. The van der Waals surface area contributed by atoms with Gasteiger partial charge in [0.25, 0.3) is 0 Å². The second-order valence-electron chi connectivity index (χ2n) is 7.39. The molecule has 20 heavy (non-hydrogen) atoms. The third kappa shape index (κ3) is 3.49. The van der Waals surface area contributed by atoms with Crippen molar-refractivity contribution in [3.63, 3.8) is 0 Å². The lowest BCUT2D eigenvalue weighted by atomic mass is 9.80. The number of thioether (sulfide) groups is 2. The topological polar surface area (TPSA) is 47.3 Å². The highest BCUT2D eigenvalue weighted by molar-refractivity contribution is 8.07. The van der Waals surface area contributed by atoms with E-state index in [2.05, 4.69) is 70.5 Å². The van der Waals surface area contributed by atoms with Gasteiger partial charge in [0, 0.05) is 33.5 Å². The minimum Gasteiger partial charge on any atom is -0.369 e. The Morgan fingerprint density at radius 1 is 1.20 bits per heavy atom. The summed E-state index contributed by atoms with van der Waals surface area (Å²) in [6.45, 7) is 13.5. The Morgan fingerprint density at radius 3 is 2.30 bits per heavy atom. The average molecular weight is 319 g/mol. The number of ether oxygens (including phenoxy) is 1. The number of nitrogens with two attached hydrogens (primary N) is 1. The van der Waals surface area contributed by atoms with Crippen LogP contribution in [0.3, 0.4) is 0 Å². The molecule has 5 unspecified atom stereocenters. The molecular weight excluding hydrogens is 288 g/mol. The first-order valence-corrected chi connectivity index (χ1v) is 9.59. The molecule has 118 valence electrons. The zero-order chi connectivity index (χ0) is 15.1. The van der Waals surface area contributed by atoms with E-state index in [1.165, 1.54) is 5.75 Å². The van der Waals surface area contributed by atoms with Crippen LogP contribution in [0.2, 0.25) is 0 Å². The molecule has 3 N–H and O–H groups in total. The molecule has 0 aromatic carbocycles. The first-order chi connectivity index (χ1) is 9.16. The van der Waals surface area contributed by atoms with Crippen molar-refractivity contribution in [2.45, 2.75) is 81.0 Å². The quantitative estimate of drug-likeness (QED) is 0.619. The molecule has 0 bridgehead atoms. The number of hydrogen-bond acceptors (Lipinski definition) is 5. The molecule has 0 aromatic rings. The predicted molar refractivity (Wildman–Crippen MR) is 91.2 cm³/mol. The van der Waals surface area contributed by atoms with Crippen LogP contribution in [0.25, 0.3) is 0 Å². The lowest BCUT2D eigenvalue weighted by Crippen LogP contribution is -2.54. The molecule has 0 radical (unpaired) electrons. The van der Waals surface area contributed by atoms with E-state index in [4.69, 9.17) is 10.6 Å². The van der Waals surface area contributed by atoms with Crippen molar-refractivity contribution in [1.82, 2.24) is 5.43 Å². The standard InChI is InChI=1S/C15H30N2OS2/c1-9-10(2)20-12(8-19-9)13(17-16)11-7-14(3,4)18-15(11,5)6/h9-13,17H,7-8,16H2,1-6H3. The molecule has 5 atom stereocenters. The fraction of sp³-hybridized carbons (Fsp3) is 1.00. The molecule has 2 aliphatic rings. The summed E-state index contributed by atoms with van der Waals surface area (Å²) in [4.78, 5) is 0. The molecule has 0 amide bonds. The fourth-order valence-electron chi connectivity index (χ4n) is 3.64. The summed E-state index contributed by atoms with van der Waals surface area (Å²) in [5.74, 6) is 7.58. The summed E-state index contributed by atoms with van der Waals surface area (Å²) in [6, 6.07) is 0.319. The van der Waals surface area contributed by atoms with Crippen molar-refractivity contribution in [2.75, 3.05) is 5.75 Å². The Hall–Kier alpha value is 0.580. The molecule has 0 saturated carbocycles. The second-order valence-corrected chi connectivity index (χ2v) is 10.4. The lowest BCUT2D eigenvalue weighted by Gasteiger charge is -2.41. The highest BCUT2D eigenvalue weighted by Crippen LogP contribution is 2.47. The van der Waals surface area contributed by atoms with Crippen LogP contribution < -0.4 is 11.3 Å². The molecule has 2 fully saturated rings. The lowest BCUT2D eigenvalue weighted by molar-refractivity contribution is -0.0776. The number of hydrogen-bond donors (Lipinski definition) is 2. The third-order valence-electron chi connectivity index (χ3n) is 4.74. The van der Waals surface area contributed by atoms with E-state index in [1.807, 2.05) is 0 Å². The Kier molecular flexibility index (Phi) is 5.08. The Bertz CT molecular complexity index is 349. The molecule has 5 heteroatoms. The van der Waals surface area contributed by atoms with E-state index in [9.17, 15) is 0 Å². The Balaban J connectivity index is 2.12. The largest absolute Gasteiger partial charge is 0.369 e. The molecule has 2 aliphatic heterocycles. The highest BCUT2D eigenvalue weighted by atomic mass is 32.2. The van der Waals surface area contributed by atoms with Crippen LogP contribution in [0.15, 0.2) is 0 Å². The van der Waals surface area contributed by atoms with Gasteiger partial charge in [0.05, 0.1) is 11.2 Å². The fourth-order valence-corrected chi connectivity index (χ4v) is 6.80. The van der Waals surface area contributed by atoms with E-state index >= 15 is 0 Å². The molecule has 0 aromatic heterocycles. The molecular formula is C15H30N2OS2. The summed E-state index contributed by atoms with van der Waals surface area (Å²) in [6.07, 6.45) is 1.07. The summed E-state index contributed by atoms with van der Waals surface area (Å²) in [7, 11) is 0. The van der Waals surface area contributed by atoms with Crippen LogP contribution in [-0.4, -0.2) is 38.7 Å². The van der Waals surface area contributed by atoms with Crippen LogP contribution >= 0.6 is 23.5 Å². The Morgan fingerprint density at radius 2 is 1.85 bits per heavy atom. The number of rotatable bonds is 3. The Labute approximate surface area is 132 Å². The summed E-state index contributed by atoms with van der Waals surface area (Å²) >= 11 is 4.18. The predicted octanol–water partition coefficient (Wildman–Crippen LogP) is 3.04. The van der Waals surface area contributed by atoms with Gasteiger partial charge in [-0.3, -0.25) is 11.3 Å². The monoisotopic (exact) mass is 318 g/mol. The van der Waals surface area contributed by atoms with Gasteiger partial charge in [0.1, 0.15) is 0 Å². The SMILES string of the molecule is CC1SCC(C(NN)C2CC(C)(C)OC2(C)C)SC1C. The number of nitrogens with one attached hydrogen (secondary N) is 1. The van der Waals surface area contributed by atoms with Crippen molar-refractivity contribution in [2.24, 2.45) is 11.8 Å². The van der Waals surface area contributed by atoms with Crippen molar-refractivity contribution in [3.05, 3.63) is 0 Å². The van der Waals surface area contributed by atoms with Gasteiger partial charge >= 0.3 is 0 Å². The maximum Gasteiger partial charge on any atom is 0.0678 e. The molecule has 0 spiro atoms. The van der Waals surface area contributed by atoms with Crippen molar-refractivity contribution < 1.29 is 4.74 Å². The molecule has 2 rings (SSSR count). The van der Waals surface area contributed by atoms with Gasteiger partial charge in [-0.25, -0.2) is 0 Å². The maximum atomic E-state index is 6.26. The smallest absolute Gasteiger partial charge is 0.0678 e. The van der Waals surface area contributed by atoms with Gasteiger partial charge in [-0.15, -0.1) is 0 Å². The van der Waals surface area contributed by atoms with E-state index in [1.54, 1.807) is 0 Å². The van der Waals surface area contributed by atoms with Crippen LogP contribution in [-0.2, 0) is 4.74 Å². The van der Waals surface area contributed by atoms with Crippen LogP contribution in [0.4, 0.5) is 0 Å². The second kappa shape index (κ2) is 5.99. The zero-order valence-corrected chi connectivity index (χ0v) is 15.2. The molecule has 0 aliphatic carbocycles. The van der Waals surface area contributed by atoms with E-state index in [0.29, 0.717) is 22.5 Å². The summed E-state index contributed by atoms with van der Waals surface area (Å²) in [5.41, 5.74) is 2.97.